The second-order valence-electron chi connectivity index (χ2n) is 5.92. The molecule has 0 spiro atoms. The van der Waals surface area contributed by atoms with E-state index in [1.807, 2.05) is 24.3 Å². The molecule has 126 valence electrons. The molecule has 1 amide bonds. The molecule has 5 heteroatoms. The van der Waals surface area contributed by atoms with Crippen LogP contribution in [0.1, 0.15) is 35.7 Å². The number of hydrogen-bond acceptors (Lipinski definition) is 4. The largest absolute Gasteiger partial charge is 0.355 e. The van der Waals surface area contributed by atoms with Crippen LogP contribution in [-0.4, -0.2) is 55.9 Å². The third-order valence-electron chi connectivity index (χ3n) is 4.22. The second kappa shape index (κ2) is 9.43. The lowest BCUT2D eigenvalue weighted by atomic mass is 10.0. The number of Topliss-reactive ketones (excluding diaryl/α,β-unsaturated/α-hetero) is 1. The minimum absolute atomic E-state index is 0.0323. The Labute approximate surface area is 138 Å². The van der Waals surface area contributed by atoms with Gasteiger partial charge in [-0.3, -0.25) is 14.5 Å². The van der Waals surface area contributed by atoms with Gasteiger partial charge in [0.2, 0.25) is 5.91 Å². The number of carbonyl (C=O) groups excluding carboxylic acids is 2. The highest BCUT2D eigenvalue weighted by Gasteiger charge is 2.11. The Morgan fingerprint density at radius 2 is 1.83 bits per heavy atom. The van der Waals surface area contributed by atoms with E-state index < -0.39 is 0 Å². The first-order valence-electron chi connectivity index (χ1n) is 8.51. The summed E-state index contributed by atoms with van der Waals surface area (Å²) < 4.78 is 0. The molecule has 2 rings (SSSR count). The maximum Gasteiger partial charge on any atom is 0.220 e. The minimum Gasteiger partial charge on any atom is -0.355 e. The van der Waals surface area contributed by atoms with Gasteiger partial charge >= 0.3 is 0 Å². The summed E-state index contributed by atoms with van der Waals surface area (Å²) in [7, 11) is 0. The van der Waals surface area contributed by atoms with E-state index >= 15 is 0 Å². The van der Waals surface area contributed by atoms with Crippen molar-refractivity contribution in [2.45, 2.75) is 26.2 Å². The topological polar surface area (TPSA) is 61.4 Å². The molecule has 1 saturated heterocycles. The number of carbonyl (C=O) groups is 2. The number of piperazine rings is 1. The highest BCUT2D eigenvalue weighted by molar-refractivity contribution is 5.97. The number of nitrogens with zero attached hydrogens (tertiary/aromatic N) is 1. The van der Waals surface area contributed by atoms with Gasteiger partial charge in [0.25, 0.3) is 0 Å². The lowest BCUT2D eigenvalue weighted by Crippen LogP contribution is -2.46. The molecule has 1 aromatic carbocycles. The first-order chi connectivity index (χ1) is 11.2. The average Bonchev–Trinajstić information content (AvgIpc) is 2.60. The molecular weight excluding hydrogens is 290 g/mol. The molecule has 23 heavy (non-hydrogen) atoms. The van der Waals surface area contributed by atoms with Gasteiger partial charge in [-0.2, -0.15) is 0 Å². The molecule has 0 aliphatic carbocycles. The monoisotopic (exact) mass is 317 g/mol. The lowest BCUT2D eigenvalue weighted by molar-refractivity contribution is -0.121. The van der Waals surface area contributed by atoms with Crippen molar-refractivity contribution >= 4 is 11.7 Å². The smallest absolute Gasteiger partial charge is 0.220 e. The summed E-state index contributed by atoms with van der Waals surface area (Å²) in [6.45, 7) is 7.70. The Morgan fingerprint density at radius 1 is 1.13 bits per heavy atom. The highest BCUT2D eigenvalue weighted by Crippen LogP contribution is 2.08. The number of benzene rings is 1. The fraction of sp³-hybridized carbons (Fsp3) is 0.556. The number of aryl methyl sites for hydroxylation is 1. The molecule has 1 aromatic rings. The van der Waals surface area contributed by atoms with Crippen molar-refractivity contribution in [3.63, 3.8) is 0 Å². The molecule has 2 N–H and O–H groups in total. The van der Waals surface area contributed by atoms with Crippen LogP contribution in [0.15, 0.2) is 24.3 Å². The molecule has 1 aliphatic heterocycles. The van der Waals surface area contributed by atoms with Gasteiger partial charge in [0.1, 0.15) is 0 Å². The summed E-state index contributed by atoms with van der Waals surface area (Å²) in [6.07, 6.45) is 1.49. The van der Waals surface area contributed by atoms with Gasteiger partial charge in [-0.1, -0.05) is 31.2 Å². The van der Waals surface area contributed by atoms with E-state index in [1.54, 1.807) is 0 Å². The van der Waals surface area contributed by atoms with Crippen LogP contribution < -0.4 is 10.6 Å². The Morgan fingerprint density at radius 3 is 2.48 bits per heavy atom. The fourth-order valence-corrected chi connectivity index (χ4v) is 2.67. The zero-order valence-electron chi connectivity index (χ0n) is 13.9. The summed E-state index contributed by atoms with van der Waals surface area (Å²) in [5, 5.41) is 6.20. The van der Waals surface area contributed by atoms with Gasteiger partial charge in [0, 0.05) is 57.7 Å². The Bertz CT molecular complexity index is 508. The van der Waals surface area contributed by atoms with Crippen LogP contribution >= 0.6 is 0 Å². The van der Waals surface area contributed by atoms with Crippen molar-refractivity contribution in [2.75, 3.05) is 39.3 Å². The zero-order valence-corrected chi connectivity index (χ0v) is 13.9. The zero-order chi connectivity index (χ0) is 16.5. The standard InChI is InChI=1S/C18H27N3O2/c1-2-15-3-5-16(6-4-15)17(22)7-8-18(23)20-11-14-21-12-9-19-10-13-21/h3-6,19H,2,7-14H2,1H3,(H,20,23). The van der Waals surface area contributed by atoms with Crippen molar-refractivity contribution in [1.29, 1.82) is 0 Å². The van der Waals surface area contributed by atoms with Crippen LogP contribution in [0.5, 0.6) is 0 Å². The number of nitrogens with one attached hydrogen (secondary N) is 2. The summed E-state index contributed by atoms with van der Waals surface area (Å²) in [6, 6.07) is 7.65. The van der Waals surface area contributed by atoms with Gasteiger partial charge in [-0.15, -0.1) is 0 Å². The minimum atomic E-state index is -0.0429. The quantitative estimate of drug-likeness (QED) is 0.708. The van der Waals surface area contributed by atoms with Crippen LogP contribution in [-0.2, 0) is 11.2 Å². The van der Waals surface area contributed by atoms with Crippen LogP contribution in [0.2, 0.25) is 0 Å². The number of hydrogen-bond donors (Lipinski definition) is 2. The first kappa shape index (κ1) is 17.6. The number of rotatable bonds is 8. The van der Waals surface area contributed by atoms with E-state index in [0.717, 1.165) is 39.1 Å². The molecule has 0 aromatic heterocycles. The van der Waals surface area contributed by atoms with Gasteiger partial charge in [-0.25, -0.2) is 0 Å². The normalized spacial score (nSPS) is 15.3. The fourth-order valence-electron chi connectivity index (χ4n) is 2.67. The number of amides is 1. The van der Waals surface area contributed by atoms with Gasteiger partial charge in [-0.05, 0) is 12.0 Å². The molecule has 1 heterocycles. The molecule has 0 radical (unpaired) electrons. The molecule has 0 saturated carbocycles. The van der Waals surface area contributed by atoms with E-state index in [0.29, 0.717) is 12.1 Å². The van der Waals surface area contributed by atoms with Crippen molar-refractivity contribution in [3.8, 4) is 0 Å². The van der Waals surface area contributed by atoms with E-state index in [2.05, 4.69) is 22.5 Å². The summed E-state index contributed by atoms with van der Waals surface area (Å²) >= 11 is 0. The van der Waals surface area contributed by atoms with E-state index in [9.17, 15) is 9.59 Å². The van der Waals surface area contributed by atoms with Crippen LogP contribution in [0.25, 0.3) is 0 Å². The Balaban J connectivity index is 1.63. The van der Waals surface area contributed by atoms with Crippen LogP contribution in [0.3, 0.4) is 0 Å². The second-order valence-corrected chi connectivity index (χ2v) is 5.92. The first-order valence-corrected chi connectivity index (χ1v) is 8.51. The lowest BCUT2D eigenvalue weighted by Gasteiger charge is -2.27. The third-order valence-corrected chi connectivity index (χ3v) is 4.22. The maximum atomic E-state index is 12.1. The molecule has 1 aliphatic rings. The van der Waals surface area contributed by atoms with E-state index in [4.69, 9.17) is 0 Å². The maximum absolute atomic E-state index is 12.1. The van der Waals surface area contributed by atoms with E-state index in [1.165, 1.54) is 5.56 Å². The highest BCUT2D eigenvalue weighted by atomic mass is 16.2. The molecule has 1 fully saturated rings. The van der Waals surface area contributed by atoms with Crippen LogP contribution in [0, 0.1) is 0 Å². The Hall–Kier alpha value is -1.72. The average molecular weight is 317 g/mol. The van der Waals surface area contributed by atoms with E-state index in [-0.39, 0.29) is 24.5 Å². The SMILES string of the molecule is CCc1ccc(C(=O)CCC(=O)NCCN2CCNCC2)cc1. The van der Waals surface area contributed by atoms with Crippen molar-refractivity contribution < 1.29 is 9.59 Å². The predicted octanol–water partition coefficient (Wildman–Crippen LogP) is 1.23. The van der Waals surface area contributed by atoms with Gasteiger partial charge < -0.3 is 10.6 Å². The molecule has 0 atom stereocenters. The third kappa shape index (κ3) is 6.12. The summed E-state index contributed by atoms with van der Waals surface area (Å²) in [4.78, 5) is 26.2. The molecule has 5 nitrogen and oxygen atoms in total. The number of ketones is 1. The molecule has 0 unspecified atom stereocenters. The Kier molecular flexibility index (Phi) is 7.23. The summed E-state index contributed by atoms with van der Waals surface area (Å²) in [5.74, 6) is -0.0106. The summed E-state index contributed by atoms with van der Waals surface area (Å²) in [5.41, 5.74) is 1.91. The van der Waals surface area contributed by atoms with Crippen molar-refractivity contribution in [3.05, 3.63) is 35.4 Å². The van der Waals surface area contributed by atoms with Crippen molar-refractivity contribution in [1.82, 2.24) is 15.5 Å². The molecular formula is C18H27N3O2. The van der Waals surface area contributed by atoms with Crippen molar-refractivity contribution in [2.24, 2.45) is 0 Å². The molecule has 0 bridgehead atoms. The van der Waals surface area contributed by atoms with Crippen LogP contribution in [0.4, 0.5) is 0 Å². The van der Waals surface area contributed by atoms with Gasteiger partial charge in [0.05, 0.1) is 0 Å². The predicted molar refractivity (Wildman–Crippen MR) is 91.7 cm³/mol. The van der Waals surface area contributed by atoms with Gasteiger partial charge in [0.15, 0.2) is 5.78 Å².